The van der Waals surface area contributed by atoms with E-state index in [-0.39, 0.29) is 0 Å². The van der Waals surface area contributed by atoms with Gasteiger partial charge in [-0.2, -0.15) is 0 Å². The topological polar surface area (TPSA) is 17.1 Å². The molecule has 1 radical (unpaired) electrons. The average molecular weight is 205 g/mol. The van der Waals surface area contributed by atoms with Gasteiger partial charge in [0.2, 0.25) is 6.29 Å². The van der Waals surface area contributed by atoms with Gasteiger partial charge >= 0.3 is 0 Å². The van der Waals surface area contributed by atoms with E-state index in [1.165, 1.54) is 0 Å². The predicted molar refractivity (Wildman–Crippen MR) is 64.6 cm³/mol. The Morgan fingerprint density at radius 2 is 1.75 bits per heavy atom. The van der Waals surface area contributed by atoms with Crippen molar-refractivity contribution in [1.82, 2.24) is 0 Å². The van der Waals surface area contributed by atoms with Crippen LogP contribution in [0, 0.1) is 12.3 Å². The van der Waals surface area contributed by atoms with Crippen LogP contribution in [0.1, 0.15) is 11.1 Å². The third-order valence-corrected chi connectivity index (χ3v) is 2.38. The molecule has 0 saturated carbocycles. The molecule has 0 saturated heterocycles. The molecule has 0 spiro atoms. The second kappa shape index (κ2) is 4.46. The second-order valence-corrected chi connectivity index (χ2v) is 3.37. The molecule has 1 nitrogen and oxygen atoms in total. The molecule has 2 aromatic rings. The molecule has 0 aliphatic rings. The van der Waals surface area contributed by atoms with Crippen molar-refractivity contribution < 1.29 is 4.79 Å². The molecule has 0 N–H and O–H groups in total. The Balaban J connectivity index is 2.63. The normalized spacial score (nSPS) is 9.44. The van der Waals surface area contributed by atoms with Gasteiger partial charge in [0.15, 0.2) is 0 Å². The molecule has 2 rings (SSSR count). The Bertz CT molecular complexity index is 547. The van der Waals surface area contributed by atoms with Crippen molar-refractivity contribution in [3.8, 4) is 23.5 Å². The van der Waals surface area contributed by atoms with Gasteiger partial charge in [-0.3, -0.25) is 4.79 Å². The van der Waals surface area contributed by atoms with E-state index in [2.05, 4.69) is 5.92 Å². The van der Waals surface area contributed by atoms with Crippen molar-refractivity contribution >= 4 is 6.29 Å². The molecule has 0 fully saturated rings. The highest BCUT2D eigenvalue weighted by molar-refractivity contribution is 5.88. The lowest BCUT2D eigenvalue weighted by Gasteiger charge is -2.05. The van der Waals surface area contributed by atoms with Crippen LogP contribution in [0.5, 0.6) is 0 Å². The molecule has 1 heteroatoms. The van der Waals surface area contributed by atoms with Crippen LogP contribution in [-0.2, 0) is 4.79 Å². The highest BCUT2D eigenvalue weighted by atomic mass is 16.1. The molecular formula is C15H9O. The van der Waals surface area contributed by atoms with E-state index in [0.29, 0.717) is 5.56 Å². The Kier molecular flexibility index (Phi) is 2.84. The fraction of sp³-hybridized carbons (Fsp3) is 0. The lowest BCUT2D eigenvalue weighted by molar-refractivity contribution is 0.563. The summed E-state index contributed by atoms with van der Waals surface area (Å²) in [6.45, 7) is 0. The first kappa shape index (κ1) is 10.2. The first-order chi connectivity index (χ1) is 7.85. The van der Waals surface area contributed by atoms with Gasteiger partial charge in [0.25, 0.3) is 0 Å². The van der Waals surface area contributed by atoms with Gasteiger partial charge in [0.05, 0.1) is 0 Å². The molecule has 0 aromatic heterocycles. The minimum Gasteiger partial charge on any atom is -0.285 e. The van der Waals surface area contributed by atoms with E-state index in [4.69, 9.17) is 6.42 Å². The van der Waals surface area contributed by atoms with E-state index in [1.807, 2.05) is 42.7 Å². The van der Waals surface area contributed by atoms with E-state index >= 15 is 0 Å². The minimum absolute atomic E-state index is 0.533. The summed E-state index contributed by atoms with van der Waals surface area (Å²) in [6, 6.07) is 14.9. The van der Waals surface area contributed by atoms with Crippen LogP contribution in [0.4, 0.5) is 0 Å². The standard InChI is InChI=1S/C15H9O/c1-2-12-8-9-14(11-16)15(10-12)13-6-4-3-5-7-13/h1,3-10H. The predicted octanol–water partition coefficient (Wildman–Crippen LogP) is 2.79. The molecule has 0 atom stereocenters. The summed E-state index contributed by atoms with van der Waals surface area (Å²) in [5.74, 6) is 2.56. The number of hydrogen-bond donors (Lipinski definition) is 0. The Morgan fingerprint density at radius 3 is 2.38 bits per heavy atom. The van der Waals surface area contributed by atoms with Crippen LogP contribution in [0.15, 0.2) is 48.5 Å². The molecule has 2 aromatic carbocycles. The average Bonchev–Trinajstić information content (AvgIpc) is 2.39. The molecule has 0 unspecified atom stereocenters. The van der Waals surface area contributed by atoms with Crippen molar-refractivity contribution in [2.24, 2.45) is 0 Å². The summed E-state index contributed by atoms with van der Waals surface area (Å²) in [5.41, 5.74) is 3.09. The van der Waals surface area contributed by atoms with Gasteiger partial charge < -0.3 is 0 Å². The zero-order chi connectivity index (χ0) is 11.4. The lowest BCUT2D eigenvalue weighted by atomic mass is 9.98. The second-order valence-electron chi connectivity index (χ2n) is 3.37. The van der Waals surface area contributed by atoms with Gasteiger partial charge in [0, 0.05) is 11.1 Å². The monoisotopic (exact) mass is 205 g/mol. The number of terminal acetylenes is 1. The van der Waals surface area contributed by atoms with Crippen LogP contribution in [-0.4, -0.2) is 6.29 Å². The lowest BCUT2D eigenvalue weighted by Crippen LogP contribution is -1.89. The fourth-order valence-corrected chi connectivity index (χ4v) is 1.58. The molecule has 0 heterocycles. The van der Waals surface area contributed by atoms with Crippen LogP contribution in [0.3, 0.4) is 0 Å². The van der Waals surface area contributed by atoms with Crippen molar-refractivity contribution in [1.29, 1.82) is 0 Å². The van der Waals surface area contributed by atoms with E-state index in [0.717, 1.165) is 16.7 Å². The summed E-state index contributed by atoms with van der Waals surface area (Å²) in [7, 11) is 0. The summed E-state index contributed by atoms with van der Waals surface area (Å²) in [5, 5.41) is 0. The van der Waals surface area contributed by atoms with E-state index in [1.54, 1.807) is 12.1 Å². The van der Waals surface area contributed by atoms with Crippen LogP contribution in [0.25, 0.3) is 11.1 Å². The summed E-state index contributed by atoms with van der Waals surface area (Å²) >= 11 is 0. The summed E-state index contributed by atoms with van der Waals surface area (Å²) in [6.07, 6.45) is 7.27. The SMILES string of the molecule is C#Cc1ccc([C]=O)c(-c2ccccc2)c1. The largest absolute Gasteiger partial charge is 0.285 e. The van der Waals surface area contributed by atoms with Crippen molar-refractivity contribution in [2.75, 3.05) is 0 Å². The number of rotatable bonds is 2. The highest BCUT2D eigenvalue weighted by Crippen LogP contribution is 2.23. The number of carbonyl (C=O) groups excluding carboxylic acids is 1. The minimum atomic E-state index is 0.533. The fourth-order valence-electron chi connectivity index (χ4n) is 1.58. The maximum Gasteiger partial charge on any atom is 0.234 e. The zero-order valence-corrected chi connectivity index (χ0v) is 8.60. The molecule has 0 bridgehead atoms. The molecule has 0 amide bonds. The van der Waals surface area contributed by atoms with Crippen molar-refractivity contribution in [3.63, 3.8) is 0 Å². The molecule has 0 aliphatic carbocycles. The zero-order valence-electron chi connectivity index (χ0n) is 8.60. The summed E-state index contributed by atoms with van der Waals surface area (Å²) < 4.78 is 0. The number of benzene rings is 2. The summed E-state index contributed by atoms with van der Waals surface area (Å²) in [4.78, 5) is 10.8. The van der Waals surface area contributed by atoms with Crippen LogP contribution >= 0.6 is 0 Å². The van der Waals surface area contributed by atoms with Crippen molar-refractivity contribution in [2.45, 2.75) is 0 Å². The molecule has 16 heavy (non-hydrogen) atoms. The maximum absolute atomic E-state index is 10.8. The van der Waals surface area contributed by atoms with Gasteiger partial charge in [-0.15, -0.1) is 6.42 Å². The van der Waals surface area contributed by atoms with E-state index in [9.17, 15) is 4.79 Å². The quantitative estimate of drug-likeness (QED) is 0.689. The Labute approximate surface area is 94.7 Å². The first-order valence-corrected chi connectivity index (χ1v) is 4.89. The highest BCUT2D eigenvalue weighted by Gasteiger charge is 2.05. The van der Waals surface area contributed by atoms with Crippen molar-refractivity contribution in [3.05, 3.63) is 59.7 Å². The molecule has 75 valence electrons. The third-order valence-electron chi connectivity index (χ3n) is 2.38. The van der Waals surface area contributed by atoms with Crippen LogP contribution < -0.4 is 0 Å². The molecular weight excluding hydrogens is 196 g/mol. The van der Waals surface area contributed by atoms with Gasteiger partial charge in [-0.1, -0.05) is 36.3 Å². The first-order valence-electron chi connectivity index (χ1n) is 4.89. The van der Waals surface area contributed by atoms with Gasteiger partial charge in [-0.05, 0) is 29.3 Å². The van der Waals surface area contributed by atoms with Gasteiger partial charge in [0.1, 0.15) is 0 Å². The van der Waals surface area contributed by atoms with E-state index < -0.39 is 0 Å². The smallest absolute Gasteiger partial charge is 0.234 e. The number of hydrogen-bond acceptors (Lipinski definition) is 1. The molecule has 0 aliphatic heterocycles. The van der Waals surface area contributed by atoms with Crippen LogP contribution in [0.2, 0.25) is 0 Å². The maximum atomic E-state index is 10.8. The third kappa shape index (κ3) is 1.87. The van der Waals surface area contributed by atoms with Gasteiger partial charge in [-0.25, -0.2) is 0 Å². The Morgan fingerprint density at radius 1 is 1.00 bits per heavy atom. The Hall–Kier alpha value is -2.33.